The Morgan fingerprint density at radius 3 is 0.835 bits per heavy atom. The van der Waals surface area contributed by atoms with Gasteiger partial charge in [0.05, 0.1) is 39.5 Å². The van der Waals surface area contributed by atoms with E-state index >= 15 is 0 Å². The fourth-order valence-corrected chi connectivity index (χ4v) is 11.7. The van der Waals surface area contributed by atoms with Crippen molar-refractivity contribution in [2.75, 3.05) is 21.3 Å². The molecule has 22 nitrogen and oxygen atoms in total. The van der Waals surface area contributed by atoms with Crippen LogP contribution in [0.5, 0.6) is 0 Å². The molecule has 0 aliphatic carbocycles. The second-order valence-electron chi connectivity index (χ2n) is 28.0. The van der Waals surface area contributed by atoms with Crippen LogP contribution in [0.25, 0.3) is 16.7 Å². The number of fused-ring (bicyclic) bond motifs is 3. The number of carbonyl (C=O) groups excluding carboxylic acids is 11. The number of hydrogen-bond donors (Lipinski definition) is 8. The molecule has 0 fully saturated rings. The molecular formula is C75H106N8O14. The summed E-state index contributed by atoms with van der Waals surface area (Å²) < 4.78 is 14.4. The molecule has 0 radical (unpaired) electrons. The maximum atomic E-state index is 13.6. The largest absolute Gasteiger partial charge is 0.467 e. The minimum atomic E-state index is -0.914. The van der Waals surface area contributed by atoms with Crippen molar-refractivity contribution in [2.45, 2.75) is 191 Å². The van der Waals surface area contributed by atoms with Gasteiger partial charge in [-0.05, 0) is 131 Å². The molecule has 6 rings (SSSR count). The number of rotatable bonds is 26. The number of methoxy groups -OCH3 is 3. The lowest BCUT2D eigenvalue weighted by Crippen LogP contribution is -2.56. The quantitative estimate of drug-likeness (QED) is 0.0212. The van der Waals surface area contributed by atoms with E-state index in [-0.39, 0.29) is 83.2 Å². The zero-order chi connectivity index (χ0) is 72.7. The van der Waals surface area contributed by atoms with E-state index in [1.54, 1.807) is 30.3 Å². The van der Waals surface area contributed by atoms with Gasteiger partial charge in [-0.2, -0.15) is 0 Å². The summed E-state index contributed by atoms with van der Waals surface area (Å²) in [7, 11) is 3.90. The van der Waals surface area contributed by atoms with E-state index in [4.69, 9.17) is 14.2 Å². The van der Waals surface area contributed by atoms with Crippen molar-refractivity contribution in [1.29, 1.82) is 0 Å². The van der Waals surface area contributed by atoms with Gasteiger partial charge in [-0.3, -0.25) is 38.4 Å². The average Bonchev–Trinajstić information content (AvgIpc) is 0.798. The molecule has 0 saturated heterocycles. The molecule has 0 spiro atoms. The van der Waals surface area contributed by atoms with Gasteiger partial charge in [-0.15, -0.1) is 0 Å². The Bertz CT molecular complexity index is 3380. The average molecular weight is 1340 g/mol. The lowest BCUT2D eigenvalue weighted by molar-refractivity contribution is -0.146. The molecule has 97 heavy (non-hydrogen) atoms. The van der Waals surface area contributed by atoms with Crippen LogP contribution in [0, 0.1) is 47.3 Å². The molecule has 3 aromatic rings. The number of ether oxygens (including phenoxy) is 3. The van der Waals surface area contributed by atoms with Crippen LogP contribution in [0.4, 0.5) is 0 Å². The second-order valence-corrected chi connectivity index (χ2v) is 28.0. The summed E-state index contributed by atoms with van der Waals surface area (Å²) in [6.07, 6.45) is 6.28. The Morgan fingerprint density at radius 1 is 0.351 bits per heavy atom. The highest BCUT2D eigenvalue weighted by Crippen LogP contribution is 2.34. The van der Waals surface area contributed by atoms with E-state index in [1.807, 2.05) is 153 Å². The van der Waals surface area contributed by atoms with E-state index < -0.39 is 77.7 Å². The van der Waals surface area contributed by atoms with Crippen molar-refractivity contribution in [3.05, 3.63) is 124 Å². The minimum absolute atomic E-state index is 0.0194. The first kappa shape index (κ1) is 80.5. The third-order valence-corrected chi connectivity index (χ3v) is 16.4. The molecule has 3 aliphatic rings. The zero-order valence-electron chi connectivity index (χ0n) is 60.1. The Labute approximate surface area is 573 Å². The lowest BCUT2D eigenvalue weighted by atomic mass is 9.84. The predicted octanol–water partition coefficient (Wildman–Crippen LogP) is 8.69. The Hall–Kier alpha value is -8.95. The number of carbonyl (C=O) groups is 11. The second kappa shape index (κ2) is 38.1. The monoisotopic (exact) mass is 1340 g/mol. The van der Waals surface area contributed by atoms with Gasteiger partial charge < -0.3 is 56.7 Å². The van der Waals surface area contributed by atoms with Crippen molar-refractivity contribution >= 4 is 81.9 Å². The fraction of sp³-hybridized carbons (Fsp3) is 0.533. The summed E-state index contributed by atoms with van der Waals surface area (Å²) >= 11 is 0. The molecule has 3 aromatic carbocycles. The Balaban J connectivity index is 0.000000330. The summed E-state index contributed by atoms with van der Waals surface area (Å²) in [6, 6.07) is 16.4. The van der Waals surface area contributed by atoms with E-state index in [9.17, 15) is 52.7 Å². The number of nitrogens with one attached hydrogen (secondary N) is 8. The first-order chi connectivity index (χ1) is 45.6. The van der Waals surface area contributed by atoms with Gasteiger partial charge in [0.25, 0.3) is 17.7 Å². The molecule has 22 heteroatoms. The molecule has 0 aromatic heterocycles. The molecule has 3 heterocycles. The van der Waals surface area contributed by atoms with Crippen LogP contribution in [0.1, 0.15) is 191 Å². The first-order valence-electron chi connectivity index (χ1n) is 33.7. The summed E-state index contributed by atoms with van der Waals surface area (Å²) in [5.41, 5.74) is 5.95. The maximum absolute atomic E-state index is 13.6. The minimum Gasteiger partial charge on any atom is -0.467 e. The molecule has 8 atom stereocenters. The normalized spacial score (nSPS) is 18.4. The van der Waals surface area contributed by atoms with Crippen LogP contribution >= 0.6 is 0 Å². The van der Waals surface area contributed by atoms with E-state index in [0.717, 1.165) is 11.1 Å². The number of esters is 3. The summed E-state index contributed by atoms with van der Waals surface area (Å²) in [4.78, 5) is 140. The first-order valence-corrected chi connectivity index (χ1v) is 33.7. The van der Waals surface area contributed by atoms with Crippen LogP contribution in [0.2, 0.25) is 0 Å². The van der Waals surface area contributed by atoms with Crippen LogP contribution in [-0.2, 0) is 52.6 Å². The molecule has 0 saturated carbocycles. The van der Waals surface area contributed by atoms with Gasteiger partial charge >= 0.3 is 17.9 Å². The molecule has 8 amide bonds. The predicted molar refractivity (Wildman–Crippen MR) is 375 cm³/mol. The van der Waals surface area contributed by atoms with Crippen LogP contribution in [0.3, 0.4) is 0 Å². The van der Waals surface area contributed by atoms with Crippen molar-refractivity contribution in [1.82, 2.24) is 42.5 Å². The van der Waals surface area contributed by atoms with Gasteiger partial charge in [0.2, 0.25) is 29.5 Å². The highest BCUT2D eigenvalue weighted by atomic mass is 16.5. The number of hydrogen-bond acceptors (Lipinski definition) is 14. The summed E-state index contributed by atoms with van der Waals surface area (Å²) in [6.45, 7) is 31.3. The molecular weight excluding hydrogens is 1240 g/mol. The molecule has 530 valence electrons. The molecule has 0 unspecified atom stereocenters. The molecule has 8 N–H and O–H groups in total. The van der Waals surface area contributed by atoms with E-state index in [2.05, 4.69) is 42.5 Å². The van der Waals surface area contributed by atoms with Gasteiger partial charge in [0, 0.05) is 34.9 Å². The third kappa shape index (κ3) is 24.0. The lowest BCUT2D eigenvalue weighted by Gasteiger charge is -2.31. The zero-order valence-corrected chi connectivity index (χ0v) is 60.1. The maximum Gasteiger partial charge on any atom is 0.330 e. The topological polar surface area (TPSA) is 312 Å². The molecule has 3 aliphatic heterocycles. The smallest absolute Gasteiger partial charge is 0.330 e. The fourth-order valence-electron chi connectivity index (χ4n) is 11.7. The van der Waals surface area contributed by atoms with Gasteiger partial charge in [0.1, 0.15) is 30.2 Å². The standard InChI is InChI=1S/C33H50N4O6.C27H39N3O5.C15H17NO3/c1-18(2)14-25(31(40)35-26(15-19(3)4)32(41)36-27(16-20(5)6)33(42)43-9)34-28(38)17-24-22-12-10-11-13-23(22)30(39)37-29(24)21(7)8;1-15(2)12-21(26(33)29-22(13-16(3)4)27(34)35-7)28-23(31)14-20-18-10-8-9-11-19(18)25(32)30-24(20)17(5)6;1-9(2)14-12(8-13(17)19-3)10-6-4-5-7-11(10)15(18)16-14/h10-13,17-21,25-27,29H,14-16H2,1-9H3,(H,34,38)(H,35,40)(H,36,41)(H,37,39);8-11,14-17,21-22,24H,12-13H2,1-7H3,(H,28,31)(H,29,33)(H,30,32);4-9,14H,1-3H3,(H,16,18)/b24-17-;20-14-;12-8-/t25-,26+,27-,29-;21-,22-,24-;14-/m000/s1. The number of amides is 8. The van der Waals surface area contributed by atoms with Crippen molar-refractivity contribution < 1.29 is 67.0 Å². The van der Waals surface area contributed by atoms with Gasteiger partial charge in [-0.1, -0.05) is 165 Å². The van der Waals surface area contributed by atoms with Crippen LogP contribution in [0.15, 0.2) is 91.0 Å². The SMILES string of the molecule is COC(=O)/C=C1/c2ccccc2C(=O)N[C@H]1C(C)C.COC(=O)[C@H](CC(C)C)NC(=O)[C@@H](CC(C)C)NC(=O)[C@H](CC(C)C)NC(=O)/C=C1/c2ccccc2C(=O)N[C@H]1C(C)C.COC(=O)[C@H](CC(C)C)NC(=O)[C@H](CC(C)C)NC(=O)/C=C1/c2ccccc2C(=O)N[C@H]1C(C)C. The highest BCUT2D eigenvalue weighted by Gasteiger charge is 2.37. The Morgan fingerprint density at radius 2 is 0.588 bits per heavy atom. The van der Waals surface area contributed by atoms with Crippen LogP contribution in [-0.4, -0.2) is 135 Å². The van der Waals surface area contributed by atoms with Crippen LogP contribution < -0.4 is 42.5 Å². The van der Waals surface area contributed by atoms with Gasteiger partial charge in [-0.25, -0.2) is 14.4 Å². The molecule has 0 bridgehead atoms. The highest BCUT2D eigenvalue weighted by molar-refractivity contribution is 6.10. The van der Waals surface area contributed by atoms with Crippen molar-refractivity contribution in [3.63, 3.8) is 0 Å². The number of benzene rings is 3. The Kier molecular flexibility index (Phi) is 31.6. The van der Waals surface area contributed by atoms with Gasteiger partial charge in [0.15, 0.2) is 0 Å². The summed E-state index contributed by atoms with van der Waals surface area (Å²) in [5.74, 6) is -3.44. The summed E-state index contributed by atoms with van der Waals surface area (Å²) in [5, 5.41) is 22.9. The van der Waals surface area contributed by atoms with E-state index in [1.165, 1.54) is 39.6 Å². The van der Waals surface area contributed by atoms with Crippen molar-refractivity contribution in [3.8, 4) is 0 Å². The third-order valence-electron chi connectivity index (χ3n) is 16.4. The van der Waals surface area contributed by atoms with E-state index in [0.29, 0.717) is 71.1 Å². The van der Waals surface area contributed by atoms with Crippen molar-refractivity contribution in [2.24, 2.45) is 47.3 Å².